The highest BCUT2D eigenvalue weighted by Crippen LogP contribution is 2.33. The summed E-state index contributed by atoms with van der Waals surface area (Å²) in [5.74, 6) is 0.354. The summed E-state index contributed by atoms with van der Waals surface area (Å²) in [7, 11) is -3.09. The molecule has 0 saturated carbocycles. The van der Waals surface area contributed by atoms with Gasteiger partial charge in [-0.2, -0.15) is 0 Å². The van der Waals surface area contributed by atoms with E-state index in [4.69, 9.17) is 4.74 Å². The molecule has 98 valence electrons. The van der Waals surface area contributed by atoms with Crippen molar-refractivity contribution in [2.24, 2.45) is 0 Å². The van der Waals surface area contributed by atoms with E-state index in [1.807, 2.05) is 12.1 Å². The van der Waals surface area contributed by atoms with Gasteiger partial charge in [0.1, 0.15) is 15.6 Å². The number of sulfone groups is 1. The Hall–Kier alpha value is -0.830. The van der Waals surface area contributed by atoms with E-state index in [1.54, 1.807) is 6.07 Å². The minimum Gasteiger partial charge on any atom is -0.482 e. The Morgan fingerprint density at radius 3 is 2.83 bits per heavy atom. The van der Waals surface area contributed by atoms with Crippen LogP contribution in [0.15, 0.2) is 18.2 Å². The summed E-state index contributed by atoms with van der Waals surface area (Å²) in [5, 5.41) is 0. The molecule has 18 heavy (non-hydrogen) atoms. The Bertz CT molecular complexity index is 585. The molecule has 1 heterocycles. The van der Waals surface area contributed by atoms with Crippen LogP contribution in [0.3, 0.4) is 0 Å². The fourth-order valence-corrected chi connectivity index (χ4v) is 2.66. The number of benzene rings is 1. The summed E-state index contributed by atoms with van der Waals surface area (Å²) in [4.78, 5) is 13.2. The first-order chi connectivity index (χ1) is 8.37. The third-order valence-corrected chi connectivity index (χ3v) is 4.15. The SMILES string of the molecule is CS(=O)(=O)CCN1C(=O)COc2cc(I)ccc21. The highest BCUT2D eigenvalue weighted by molar-refractivity contribution is 14.1. The van der Waals surface area contributed by atoms with Gasteiger partial charge in [0.15, 0.2) is 6.61 Å². The number of ether oxygens (including phenoxy) is 1. The smallest absolute Gasteiger partial charge is 0.265 e. The van der Waals surface area contributed by atoms with Crippen LogP contribution in [-0.2, 0) is 14.6 Å². The predicted octanol–water partition coefficient (Wildman–Crippen LogP) is 1.06. The zero-order valence-corrected chi connectivity index (χ0v) is 12.7. The Morgan fingerprint density at radius 1 is 1.44 bits per heavy atom. The Morgan fingerprint density at radius 2 is 2.17 bits per heavy atom. The second-order valence-electron chi connectivity index (χ2n) is 4.08. The lowest BCUT2D eigenvalue weighted by atomic mass is 10.2. The van der Waals surface area contributed by atoms with E-state index in [0.29, 0.717) is 11.4 Å². The Balaban J connectivity index is 2.28. The van der Waals surface area contributed by atoms with E-state index >= 15 is 0 Å². The number of halogens is 1. The molecule has 7 heteroatoms. The number of fused-ring (bicyclic) bond motifs is 1. The number of carbonyl (C=O) groups is 1. The van der Waals surface area contributed by atoms with E-state index in [2.05, 4.69) is 22.6 Å². The number of rotatable bonds is 3. The maximum atomic E-state index is 11.8. The van der Waals surface area contributed by atoms with Gasteiger partial charge in [0, 0.05) is 16.4 Å². The molecule has 1 amide bonds. The van der Waals surface area contributed by atoms with Gasteiger partial charge >= 0.3 is 0 Å². The first-order valence-electron chi connectivity index (χ1n) is 5.27. The van der Waals surface area contributed by atoms with Crippen molar-refractivity contribution in [1.29, 1.82) is 0 Å². The zero-order chi connectivity index (χ0) is 13.3. The molecule has 0 aromatic heterocycles. The van der Waals surface area contributed by atoms with E-state index in [1.165, 1.54) is 4.90 Å². The molecule has 0 N–H and O–H groups in total. The monoisotopic (exact) mass is 381 g/mol. The predicted molar refractivity (Wildman–Crippen MR) is 76.7 cm³/mol. The number of hydrogen-bond donors (Lipinski definition) is 0. The fraction of sp³-hybridized carbons (Fsp3) is 0.364. The van der Waals surface area contributed by atoms with Crippen molar-refractivity contribution in [3.8, 4) is 5.75 Å². The average molecular weight is 381 g/mol. The van der Waals surface area contributed by atoms with Gasteiger partial charge < -0.3 is 9.64 Å². The van der Waals surface area contributed by atoms with Crippen LogP contribution in [0.25, 0.3) is 0 Å². The van der Waals surface area contributed by atoms with E-state index in [0.717, 1.165) is 9.83 Å². The van der Waals surface area contributed by atoms with Gasteiger partial charge in [-0.3, -0.25) is 4.79 Å². The quantitative estimate of drug-likeness (QED) is 0.735. The lowest BCUT2D eigenvalue weighted by molar-refractivity contribution is -0.121. The second-order valence-corrected chi connectivity index (χ2v) is 7.58. The number of carbonyl (C=O) groups excluding carboxylic acids is 1. The van der Waals surface area contributed by atoms with Crippen molar-refractivity contribution < 1.29 is 17.9 Å². The topological polar surface area (TPSA) is 63.7 Å². The molecule has 0 radical (unpaired) electrons. The van der Waals surface area contributed by atoms with Crippen molar-refractivity contribution >= 4 is 44.0 Å². The highest BCUT2D eigenvalue weighted by Gasteiger charge is 2.26. The van der Waals surface area contributed by atoms with E-state index in [-0.39, 0.29) is 24.8 Å². The van der Waals surface area contributed by atoms with Crippen LogP contribution in [0, 0.1) is 3.57 Å². The molecule has 0 spiro atoms. The van der Waals surface area contributed by atoms with Crippen LogP contribution in [0.5, 0.6) is 5.75 Å². The average Bonchev–Trinajstić information content (AvgIpc) is 2.26. The molecule has 0 fully saturated rings. The summed E-state index contributed by atoms with van der Waals surface area (Å²) in [6.45, 7) is 0.117. The van der Waals surface area contributed by atoms with Gasteiger partial charge in [-0.15, -0.1) is 0 Å². The molecule has 0 saturated heterocycles. The zero-order valence-electron chi connectivity index (χ0n) is 9.72. The van der Waals surface area contributed by atoms with E-state index in [9.17, 15) is 13.2 Å². The van der Waals surface area contributed by atoms with Crippen LogP contribution in [0.2, 0.25) is 0 Å². The number of amides is 1. The second kappa shape index (κ2) is 5.04. The van der Waals surface area contributed by atoms with Crippen LogP contribution < -0.4 is 9.64 Å². The van der Waals surface area contributed by atoms with Crippen molar-refractivity contribution in [3.63, 3.8) is 0 Å². The van der Waals surface area contributed by atoms with Crippen LogP contribution in [0.1, 0.15) is 0 Å². The molecule has 0 bridgehead atoms. The lowest BCUT2D eigenvalue weighted by Crippen LogP contribution is -2.41. The fourth-order valence-electron chi connectivity index (χ4n) is 1.68. The van der Waals surface area contributed by atoms with Gasteiger partial charge in [-0.1, -0.05) is 0 Å². The largest absolute Gasteiger partial charge is 0.482 e. The first kappa shape index (κ1) is 13.6. The molecule has 0 unspecified atom stereocenters. The van der Waals surface area contributed by atoms with Crippen LogP contribution in [-0.4, -0.2) is 39.5 Å². The molecule has 0 aliphatic carbocycles. The van der Waals surface area contributed by atoms with Crippen molar-refractivity contribution in [1.82, 2.24) is 0 Å². The maximum absolute atomic E-state index is 11.8. The molecule has 1 aromatic carbocycles. The number of nitrogens with zero attached hydrogens (tertiary/aromatic N) is 1. The number of hydrogen-bond acceptors (Lipinski definition) is 4. The summed E-state index contributed by atoms with van der Waals surface area (Å²) in [5.41, 5.74) is 0.635. The molecular weight excluding hydrogens is 369 g/mol. The molecule has 0 atom stereocenters. The standard InChI is InChI=1S/C11H12INO4S/c1-18(15,16)5-4-13-9-3-2-8(12)6-10(9)17-7-11(13)14/h2-3,6H,4-5,7H2,1H3. The van der Waals surface area contributed by atoms with Crippen molar-refractivity contribution in [2.45, 2.75) is 0 Å². The van der Waals surface area contributed by atoms with Gasteiger partial charge in [0.2, 0.25) is 0 Å². The van der Waals surface area contributed by atoms with Gasteiger partial charge in [0.05, 0.1) is 11.4 Å². The first-order valence-corrected chi connectivity index (χ1v) is 8.41. The lowest BCUT2D eigenvalue weighted by Gasteiger charge is -2.29. The van der Waals surface area contributed by atoms with Gasteiger partial charge in [-0.25, -0.2) is 8.42 Å². The minimum atomic E-state index is -3.09. The normalized spacial score (nSPS) is 15.2. The van der Waals surface area contributed by atoms with Crippen molar-refractivity contribution in [3.05, 3.63) is 21.8 Å². The maximum Gasteiger partial charge on any atom is 0.265 e. The number of anilines is 1. The Labute approximate surface area is 119 Å². The highest BCUT2D eigenvalue weighted by atomic mass is 127. The molecule has 5 nitrogen and oxygen atoms in total. The molecular formula is C11H12INO4S. The minimum absolute atomic E-state index is 0.0448. The molecule has 1 aromatic rings. The summed E-state index contributed by atoms with van der Waals surface area (Å²) in [6, 6.07) is 5.46. The molecule has 1 aliphatic heterocycles. The third kappa shape index (κ3) is 3.14. The Kier molecular flexibility index (Phi) is 3.81. The molecule has 2 rings (SSSR count). The van der Waals surface area contributed by atoms with E-state index < -0.39 is 9.84 Å². The molecule has 1 aliphatic rings. The van der Waals surface area contributed by atoms with Gasteiger partial charge in [0.25, 0.3) is 5.91 Å². The summed E-state index contributed by atoms with van der Waals surface area (Å²) >= 11 is 2.15. The van der Waals surface area contributed by atoms with Crippen LogP contribution >= 0.6 is 22.6 Å². The van der Waals surface area contributed by atoms with Crippen molar-refractivity contribution in [2.75, 3.05) is 30.1 Å². The summed E-state index contributed by atoms with van der Waals surface area (Å²) in [6.07, 6.45) is 1.16. The third-order valence-electron chi connectivity index (χ3n) is 2.55. The van der Waals surface area contributed by atoms with Crippen LogP contribution in [0.4, 0.5) is 5.69 Å². The van der Waals surface area contributed by atoms with Gasteiger partial charge in [-0.05, 0) is 40.8 Å². The summed E-state index contributed by atoms with van der Waals surface area (Å²) < 4.78 is 28.7.